The molecule has 0 bridgehead atoms. The molecule has 0 radical (unpaired) electrons. The van der Waals surface area contributed by atoms with Crippen LogP contribution in [-0.2, 0) is 19.1 Å². The largest absolute Gasteiger partial charge is 0.478 e. The first kappa shape index (κ1) is 14.2. The Bertz CT molecular complexity index is 360. The van der Waals surface area contributed by atoms with E-state index in [1.165, 1.54) is 0 Å². The highest BCUT2D eigenvalue weighted by Crippen LogP contribution is 2.00. The van der Waals surface area contributed by atoms with Crippen LogP contribution in [0.4, 0.5) is 0 Å². The molecule has 2 N–H and O–H groups in total. The highest BCUT2D eigenvalue weighted by molar-refractivity contribution is 5.96. The quantitative estimate of drug-likeness (QED) is 0.628. The Morgan fingerprint density at radius 1 is 1.28 bits per heavy atom. The SMILES string of the molecule is CC(NC(=O)/C=C/C(=O)O)C(=O)N1CCOCC1. The van der Waals surface area contributed by atoms with Crippen LogP contribution in [-0.4, -0.2) is 60.1 Å². The van der Waals surface area contributed by atoms with E-state index >= 15 is 0 Å². The first-order chi connectivity index (χ1) is 8.50. The summed E-state index contributed by atoms with van der Waals surface area (Å²) in [6, 6.07) is -0.686. The number of hydrogen-bond acceptors (Lipinski definition) is 4. The van der Waals surface area contributed by atoms with E-state index in [0.29, 0.717) is 26.3 Å². The van der Waals surface area contributed by atoms with Gasteiger partial charge in [0.05, 0.1) is 13.2 Å². The molecule has 7 heteroatoms. The number of carbonyl (C=O) groups is 3. The maximum Gasteiger partial charge on any atom is 0.328 e. The second-order valence-corrected chi connectivity index (χ2v) is 3.84. The van der Waals surface area contributed by atoms with Gasteiger partial charge in [0, 0.05) is 25.2 Å². The smallest absolute Gasteiger partial charge is 0.328 e. The molecule has 1 aliphatic heterocycles. The van der Waals surface area contributed by atoms with E-state index in [1.807, 2.05) is 0 Å². The topological polar surface area (TPSA) is 95.9 Å². The predicted molar refractivity (Wildman–Crippen MR) is 61.8 cm³/mol. The summed E-state index contributed by atoms with van der Waals surface area (Å²) >= 11 is 0. The number of nitrogens with one attached hydrogen (secondary N) is 1. The molecule has 0 aromatic rings. The van der Waals surface area contributed by atoms with Crippen molar-refractivity contribution in [3.63, 3.8) is 0 Å². The lowest BCUT2D eigenvalue weighted by atomic mass is 10.2. The summed E-state index contributed by atoms with van der Waals surface area (Å²) in [6.45, 7) is 3.55. The van der Waals surface area contributed by atoms with E-state index in [2.05, 4.69) is 5.32 Å². The third-order valence-electron chi connectivity index (χ3n) is 2.43. The van der Waals surface area contributed by atoms with Crippen molar-refractivity contribution >= 4 is 17.8 Å². The van der Waals surface area contributed by atoms with Gasteiger partial charge in [-0.2, -0.15) is 0 Å². The molecular formula is C11H16N2O5. The fourth-order valence-corrected chi connectivity index (χ4v) is 1.53. The van der Waals surface area contributed by atoms with Crippen LogP contribution in [0, 0.1) is 0 Å². The third kappa shape index (κ3) is 4.54. The number of rotatable bonds is 4. The molecule has 2 amide bonds. The van der Waals surface area contributed by atoms with Crippen molar-refractivity contribution in [3.8, 4) is 0 Å². The normalized spacial score (nSPS) is 17.5. The van der Waals surface area contributed by atoms with Crippen LogP contribution in [0.2, 0.25) is 0 Å². The second-order valence-electron chi connectivity index (χ2n) is 3.84. The fraction of sp³-hybridized carbons (Fsp3) is 0.545. The van der Waals surface area contributed by atoms with E-state index in [0.717, 1.165) is 12.2 Å². The van der Waals surface area contributed by atoms with Gasteiger partial charge in [0.2, 0.25) is 11.8 Å². The maximum atomic E-state index is 11.9. The molecule has 7 nitrogen and oxygen atoms in total. The van der Waals surface area contributed by atoms with Crippen LogP contribution < -0.4 is 5.32 Å². The summed E-state index contributed by atoms with van der Waals surface area (Å²) < 4.78 is 5.12. The summed E-state index contributed by atoms with van der Waals surface area (Å²) in [5, 5.41) is 10.8. The van der Waals surface area contributed by atoms with E-state index < -0.39 is 17.9 Å². The number of carboxylic acids is 1. The Morgan fingerprint density at radius 2 is 1.89 bits per heavy atom. The predicted octanol–water partition coefficient (Wildman–Crippen LogP) is -1.01. The minimum atomic E-state index is -1.21. The van der Waals surface area contributed by atoms with Crippen LogP contribution in [0.25, 0.3) is 0 Å². The summed E-state index contributed by atoms with van der Waals surface area (Å²) in [6.07, 6.45) is 1.60. The van der Waals surface area contributed by atoms with Crippen molar-refractivity contribution in [1.82, 2.24) is 10.2 Å². The molecule has 0 aliphatic carbocycles. The Morgan fingerprint density at radius 3 is 2.44 bits per heavy atom. The molecule has 100 valence electrons. The fourth-order valence-electron chi connectivity index (χ4n) is 1.53. The maximum absolute atomic E-state index is 11.9. The average molecular weight is 256 g/mol. The molecule has 1 rings (SSSR count). The molecule has 1 atom stereocenters. The monoisotopic (exact) mass is 256 g/mol. The Hall–Kier alpha value is -1.89. The van der Waals surface area contributed by atoms with Gasteiger partial charge < -0.3 is 20.1 Å². The number of carboxylic acid groups (broad SMARTS) is 1. The van der Waals surface area contributed by atoms with Gasteiger partial charge in [-0.25, -0.2) is 4.79 Å². The standard InChI is InChI=1S/C11H16N2O5/c1-8(12-9(14)2-3-10(15)16)11(17)13-4-6-18-7-5-13/h2-3,8H,4-7H2,1H3,(H,12,14)(H,15,16)/b3-2+. The van der Waals surface area contributed by atoms with Crippen LogP contribution in [0.1, 0.15) is 6.92 Å². The van der Waals surface area contributed by atoms with Crippen molar-refractivity contribution in [1.29, 1.82) is 0 Å². The van der Waals surface area contributed by atoms with Crippen molar-refractivity contribution in [2.24, 2.45) is 0 Å². The number of carbonyl (C=O) groups excluding carboxylic acids is 2. The molecule has 1 aliphatic rings. The lowest BCUT2D eigenvalue weighted by Gasteiger charge is -2.29. The van der Waals surface area contributed by atoms with Gasteiger partial charge in [-0.3, -0.25) is 9.59 Å². The van der Waals surface area contributed by atoms with Crippen LogP contribution >= 0.6 is 0 Å². The van der Waals surface area contributed by atoms with Crippen molar-refractivity contribution < 1.29 is 24.2 Å². The molecule has 1 heterocycles. The summed E-state index contributed by atoms with van der Waals surface area (Å²) in [5.41, 5.74) is 0. The highest BCUT2D eigenvalue weighted by atomic mass is 16.5. The van der Waals surface area contributed by atoms with Gasteiger partial charge in [-0.15, -0.1) is 0 Å². The van der Waals surface area contributed by atoms with Crippen LogP contribution in [0.3, 0.4) is 0 Å². The highest BCUT2D eigenvalue weighted by Gasteiger charge is 2.22. The van der Waals surface area contributed by atoms with E-state index in [-0.39, 0.29) is 5.91 Å². The summed E-state index contributed by atoms with van der Waals surface area (Å²) in [4.78, 5) is 35.0. The lowest BCUT2D eigenvalue weighted by molar-refractivity contribution is -0.138. The van der Waals surface area contributed by atoms with Crippen molar-refractivity contribution in [2.75, 3.05) is 26.3 Å². The van der Waals surface area contributed by atoms with Crippen molar-refractivity contribution in [3.05, 3.63) is 12.2 Å². The second kappa shape index (κ2) is 6.75. The molecule has 18 heavy (non-hydrogen) atoms. The first-order valence-electron chi connectivity index (χ1n) is 5.58. The minimum Gasteiger partial charge on any atom is -0.478 e. The zero-order chi connectivity index (χ0) is 13.5. The number of amides is 2. The van der Waals surface area contributed by atoms with Gasteiger partial charge in [0.25, 0.3) is 0 Å². The molecule has 0 aromatic carbocycles. The van der Waals surface area contributed by atoms with Crippen LogP contribution in [0.5, 0.6) is 0 Å². The number of ether oxygens (including phenoxy) is 1. The van der Waals surface area contributed by atoms with Crippen molar-refractivity contribution in [2.45, 2.75) is 13.0 Å². The number of hydrogen-bond donors (Lipinski definition) is 2. The van der Waals surface area contributed by atoms with E-state index in [1.54, 1.807) is 11.8 Å². The van der Waals surface area contributed by atoms with Crippen LogP contribution in [0.15, 0.2) is 12.2 Å². The molecule has 0 aromatic heterocycles. The third-order valence-corrected chi connectivity index (χ3v) is 2.43. The molecule has 1 fully saturated rings. The number of nitrogens with zero attached hydrogens (tertiary/aromatic N) is 1. The van der Waals surface area contributed by atoms with Gasteiger partial charge in [-0.1, -0.05) is 0 Å². The Labute approximate surface area is 104 Å². The van der Waals surface area contributed by atoms with Gasteiger partial charge in [-0.05, 0) is 6.92 Å². The molecule has 0 saturated carbocycles. The van der Waals surface area contributed by atoms with E-state index in [4.69, 9.17) is 9.84 Å². The lowest BCUT2D eigenvalue weighted by Crippen LogP contribution is -2.50. The number of aliphatic carboxylic acids is 1. The molecular weight excluding hydrogens is 240 g/mol. The zero-order valence-corrected chi connectivity index (χ0v) is 10.1. The average Bonchev–Trinajstić information content (AvgIpc) is 2.36. The summed E-state index contributed by atoms with van der Waals surface area (Å²) in [7, 11) is 0. The summed E-state index contributed by atoms with van der Waals surface area (Å²) in [5.74, 6) is -2.01. The zero-order valence-electron chi connectivity index (χ0n) is 10.1. The Balaban J connectivity index is 2.43. The minimum absolute atomic E-state index is 0.199. The van der Waals surface area contributed by atoms with Gasteiger partial charge in [0.15, 0.2) is 0 Å². The number of morpholine rings is 1. The molecule has 1 saturated heterocycles. The Kier molecular flexibility index (Phi) is 5.31. The van der Waals surface area contributed by atoms with Gasteiger partial charge in [0.1, 0.15) is 6.04 Å². The molecule has 1 unspecified atom stereocenters. The molecule has 0 spiro atoms. The first-order valence-corrected chi connectivity index (χ1v) is 5.58. The van der Waals surface area contributed by atoms with Gasteiger partial charge >= 0.3 is 5.97 Å². The van der Waals surface area contributed by atoms with E-state index in [9.17, 15) is 14.4 Å².